The summed E-state index contributed by atoms with van der Waals surface area (Å²) in [5, 5.41) is 5.21. The monoisotopic (exact) mass is 655 g/mol. The number of hydrogen-bond acceptors (Lipinski definition) is 5. The van der Waals surface area contributed by atoms with E-state index in [9.17, 15) is 9.18 Å². The van der Waals surface area contributed by atoms with Crippen LogP contribution in [0.15, 0.2) is 73.4 Å². The number of halogens is 3. The third-order valence-electron chi connectivity index (χ3n) is 6.81. The van der Waals surface area contributed by atoms with Crippen molar-refractivity contribution in [1.29, 1.82) is 0 Å². The van der Waals surface area contributed by atoms with Crippen molar-refractivity contribution >= 4 is 49.0 Å². The van der Waals surface area contributed by atoms with Crippen LogP contribution in [0.25, 0.3) is 10.9 Å². The maximum Gasteiger partial charge on any atom is 0.282 e. The van der Waals surface area contributed by atoms with Crippen molar-refractivity contribution < 1.29 is 13.9 Å². The molecule has 1 aromatic heterocycles. The molecule has 39 heavy (non-hydrogen) atoms. The van der Waals surface area contributed by atoms with Gasteiger partial charge in [0.25, 0.3) is 5.56 Å². The molecule has 3 aromatic carbocycles. The molecule has 0 atom stereocenters. The number of aromatic nitrogens is 2. The summed E-state index contributed by atoms with van der Waals surface area (Å²) in [7, 11) is 0. The van der Waals surface area contributed by atoms with Crippen LogP contribution in [-0.2, 0) is 6.61 Å². The van der Waals surface area contributed by atoms with Gasteiger partial charge in [-0.2, -0.15) is 9.78 Å². The highest BCUT2D eigenvalue weighted by atomic mass is 79.9. The van der Waals surface area contributed by atoms with E-state index >= 15 is 0 Å². The van der Waals surface area contributed by atoms with E-state index in [2.05, 4.69) is 37.0 Å². The van der Waals surface area contributed by atoms with E-state index in [-0.39, 0.29) is 23.9 Å². The standard InChI is InChI=1S/C30H28Br2FN3O3/c1-2-38-25-16-21(26(31)27(32)28(25)39-18-19-12-14-22(33)15-13-19)17-34-36-29(20-8-4-3-5-9-20)35-24-11-7-6-10-23(24)30(36)37/h6-7,10-17,20H,2-5,8-9,18H2,1H3. The number of ether oxygens (including phenoxy) is 2. The number of fused-ring (bicyclic) bond motifs is 1. The summed E-state index contributed by atoms with van der Waals surface area (Å²) < 4.78 is 28.1. The van der Waals surface area contributed by atoms with Gasteiger partial charge in [0, 0.05) is 16.0 Å². The highest BCUT2D eigenvalue weighted by Gasteiger charge is 2.23. The Kier molecular flexibility index (Phi) is 8.77. The van der Waals surface area contributed by atoms with Crippen LogP contribution in [0.1, 0.15) is 61.9 Å². The molecule has 1 saturated carbocycles. The molecular weight excluding hydrogens is 629 g/mol. The van der Waals surface area contributed by atoms with Crippen LogP contribution >= 0.6 is 31.9 Å². The molecule has 1 heterocycles. The second kappa shape index (κ2) is 12.4. The average molecular weight is 657 g/mol. The quantitative estimate of drug-likeness (QED) is 0.181. The van der Waals surface area contributed by atoms with Gasteiger partial charge in [0.05, 0.1) is 28.2 Å². The number of nitrogens with zero attached hydrogens (tertiary/aromatic N) is 3. The zero-order valence-electron chi connectivity index (χ0n) is 21.5. The molecule has 0 unspecified atom stereocenters. The first-order chi connectivity index (χ1) is 19.0. The molecule has 9 heteroatoms. The third kappa shape index (κ3) is 6.09. The zero-order valence-corrected chi connectivity index (χ0v) is 24.7. The highest BCUT2D eigenvalue weighted by molar-refractivity contribution is 9.13. The lowest BCUT2D eigenvalue weighted by molar-refractivity contribution is 0.267. The summed E-state index contributed by atoms with van der Waals surface area (Å²) >= 11 is 7.29. The van der Waals surface area contributed by atoms with Gasteiger partial charge in [0.15, 0.2) is 11.5 Å². The number of para-hydroxylation sites is 1. The molecule has 1 aliphatic rings. The van der Waals surface area contributed by atoms with Crippen LogP contribution in [0, 0.1) is 5.82 Å². The van der Waals surface area contributed by atoms with Gasteiger partial charge >= 0.3 is 0 Å². The lowest BCUT2D eigenvalue weighted by atomic mass is 9.88. The van der Waals surface area contributed by atoms with Crippen LogP contribution in [0.2, 0.25) is 0 Å². The molecule has 0 aliphatic heterocycles. The Hall–Kier alpha value is -3.04. The fraction of sp³-hybridized carbons (Fsp3) is 0.300. The lowest BCUT2D eigenvalue weighted by Gasteiger charge is -2.22. The van der Waals surface area contributed by atoms with E-state index in [0.717, 1.165) is 31.2 Å². The van der Waals surface area contributed by atoms with E-state index in [0.29, 0.717) is 49.3 Å². The summed E-state index contributed by atoms with van der Waals surface area (Å²) in [6.45, 7) is 2.56. The van der Waals surface area contributed by atoms with Crippen molar-refractivity contribution in [3.63, 3.8) is 0 Å². The Bertz CT molecular complexity index is 1570. The molecule has 0 amide bonds. The summed E-state index contributed by atoms with van der Waals surface area (Å²) in [6, 6.07) is 15.4. The van der Waals surface area contributed by atoms with Gasteiger partial charge in [0.1, 0.15) is 18.2 Å². The molecule has 6 nitrogen and oxygen atoms in total. The first-order valence-electron chi connectivity index (χ1n) is 13.0. The predicted molar refractivity (Wildman–Crippen MR) is 159 cm³/mol. The number of hydrogen-bond donors (Lipinski definition) is 0. The number of benzene rings is 3. The van der Waals surface area contributed by atoms with Crippen molar-refractivity contribution in [1.82, 2.24) is 9.66 Å². The molecule has 0 saturated heterocycles. The number of rotatable bonds is 8. The highest BCUT2D eigenvalue weighted by Crippen LogP contribution is 2.43. The zero-order chi connectivity index (χ0) is 27.4. The first-order valence-corrected chi connectivity index (χ1v) is 14.6. The Morgan fingerprint density at radius 2 is 1.79 bits per heavy atom. The van der Waals surface area contributed by atoms with Crippen molar-refractivity contribution in [2.75, 3.05) is 6.61 Å². The lowest BCUT2D eigenvalue weighted by Crippen LogP contribution is -2.25. The predicted octanol–water partition coefficient (Wildman–Crippen LogP) is 7.97. The first kappa shape index (κ1) is 27.5. The van der Waals surface area contributed by atoms with Gasteiger partial charge in [0.2, 0.25) is 0 Å². The minimum atomic E-state index is -0.298. The maximum atomic E-state index is 13.5. The molecule has 0 radical (unpaired) electrons. The van der Waals surface area contributed by atoms with E-state index in [1.165, 1.54) is 23.2 Å². The van der Waals surface area contributed by atoms with Gasteiger partial charge in [-0.25, -0.2) is 9.37 Å². The fourth-order valence-electron chi connectivity index (χ4n) is 4.83. The minimum Gasteiger partial charge on any atom is -0.490 e. The second-order valence-electron chi connectivity index (χ2n) is 9.45. The average Bonchev–Trinajstić information content (AvgIpc) is 2.96. The fourth-order valence-corrected chi connectivity index (χ4v) is 5.77. The van der Waals surface area contributed by atoms with Gasteiger partial charge in [-0.1, -0.05) is 43.5 Å². The normalized spacial score (nSPS) is 14.3. The Balaban J connectivity index is 1.53. The molecule has 5 rings (SSSR count). The van der Waals surface area contributed by atoms with Crippen molar-refractivity contribution in [3.05, 3.63) is 96.7 Å². The topological polar surface area (TPSA) is 65.7 Å². The van der Waals surface area contributed by atoms with Crippen LogP contribution < -0.4 is 15.0 Å². The Morgan fingerprint density at radius 3 is 2.54 bits per heavy atom. The largest absolute Gasteiger partial charge is 0.490 e. The molecule has 1 aliphatic carbocycles. The van der Waals surface area contributed by atoms with Gasteiger partial charge in [-0.05, 0) is 87.5 Å². The van der Waals surface area contributed by atoms with Gasteiger partial charge in [-0.3, -0.25) is 4.79 Å². The summed E-state index contributed by atoms with van der Waals surface area (Å²) in [5.41, 5.74) is 2.04. The van der Waals surface area contributed by atoms with Crippen LogP contribution in [-0.4, -0.2) is 22.5 Å². The molecular formula is C30H28Br2FN3O3. The SMILES string of the molecule is CCOc1cc(C=Nn2c(C3CCCCC3)nc3ccccc3c2=O)c(Br)c(Br)c1OCc1ccc(F)cc1. The summed E-state index contributed by atoms with van der Waals surface area (Å²) in [4.78, 5) is 18.4. The smallest absolute Gasteiger partial charge is 0.282 e. The molecule has 0 N–H and O–H groups in total. The van der Waals surface area contributed by atoms with Crippen LogP contribution in [0.5, 0.6) is 11.5 Å². The maximum absolute atomic E-state index is 13.5. The summed E-state index contributed by atoms with van der Waals surface area (Å²) in [6.07, 6.45) is 7.06. The Labute approximate surface area is 243 Å². The van der Waals surface area contributed by atoms with E-state index in [4.69, 9.17) is 14.5 Å². The molecule has 4 aromatic rings. The van der Waals surface area contributed by atoms with Crippen LogP contribution in [0.3, 0.4) is 0 Å². The third-order valence-corrected chi connectivity index (χ3v) is 8.96. The minimum absolute atomic E-state index is 0.183. The molecule has 202 valence electrons. The summed E-state index contributed by atoms with van der Waals surface area (Å²) in [5.74, 6) is 1.62. The van der Waals surface area contributed by atoms with Crippen molar-refractivity contribution in [2.24, 2.45) is 5.10 Å². The molecule has 0 spiro atoms. The van der Waals surface area contributed by atoms with Gasteiger partial charge < -0.3 is 9.47 Å². The molecule has 1 fully saturated rings. The second-order valence-corrected chi connectivity index (χ2v) is 11.0. The van der Waals surface area contributed by atoms with Crippen molar-refractivity contribution in [2.45, 2.75) is 51.6 Å². The van der Waals surface area contributed by atoms with Crippen molar-refractivity contribution in [3.8, 4) is 11.5 Å². The van der Waals surface area contributed by atoms with Gasteiger partial charge in [-0.15, -0.1) is 0 Å². The van der Waals surface area contributed by atoms with Crippen LogP contribution in [0.4, 0.5) is 4.39 Å². The molecule has 0 bridgehead atoms. The van der Waals surface area contributed by atoms with E-state index < -0.39 is 0 Å². The van der Waals surface area contributed by atoms with E-state index in [1.807, 2.05) is 31.2 Å². The Morgan fingerprint density at radius 1 is 1.05 bits per heavy atom. The van der Waals surface area contributed by atoms with E-state index in [1.54, 1.807) is 24.4 Å².